The van der Waals surface area contributed by atoms with Crippen molar-refractivity contribution in [1.29, 1.82) is 0 Å². The standard InChI is InChI=1S/C23H24F2N4O3/c1-28(2)11-4-12-32-23(31)26-18-6-3-5-16(13-18)15-29-22(30)10-9-21(27-29)17-7-8-19(24)20(25)14-17/h3,5-10,13-14H,4,11-12,15H2,1-2H3,(H,26,31). The fourth-order valence-electron chi connectivity index (χ4n) is 2.99. The van der Waals surface area contributed by atoms with Crippen molar-refractivity contribution in [2.24, 2.45) is 0 Å². The van der Waals surface area contributed by atoms with Crippen LogP contribution in [-0.2, 0) is 11.3 Å². The molecule has 1 N–H and O–H groups in total. The van der Waals surface area contributed by atoms with E-state index in [1.54, 1.807) is 24.3 Å². The van der Waals surface area contributed by atoms with E-state index in [-0.39, 0.29) is 12.1 Å². The van der Waals surface area contributed by atoms with E-state index in [4.69, 9.17) is 4.74 Å². The van der Waals surface area contributed by atoms with Gasteiger partial charge in [0.05, 0.1) is 18.8 Å². The molecule has 0 unspecified atom stereocenters. The number of rotatable bonds is 8. The van der Waals surface area contributed by atoms with Crippen molar-refractivity contribution in [1.82, 2.24) is 14.7 Å². The Bertz CT molecular complexity index is 1150. The largest absolute Gasteiger partial charge is 0.449 e. The molecular weight excluding hydrogens is 418 g/mol. The number of anilines is 1. The van der Waals surface area contributed by atoms with Crippen LogP contribution in [0.2, 0.25) is 0 Å². The minimum atomic E-state index is -0.991. The highest BCUT2D eigenvalue weighted by Crippen LogP contribution is 2.19. The number of benzene rings is 2. The Hall–Kier alpha value is -3.59. The topological polar surface area (TPSA) is 76.5 Å². The van der Waals surface area contributed by atoms with Gasteiger partial charge >= 0.3 is 6.09 Å². The lowest BCUT2D eigenvalue weighted by Gasteiger charge is -2.11. The summed E-state index contributed by atoms with van der Waals surface area (Å²) in [6, 6.07) is 13.1. The van der Waals surface area contributed by atoms with Gasteiger partial charge in [0.15, 0.2) is 11.6 Å². The maximum Gasteiger partial charge on any atom is 0.411 e. The van der Waals surface area contributed by atoms with Crippen LogP contribution >= 0.6 is 0 Å². The maximum absolute atomic E-state index is 13.6. The lowest BCUT2D eigenvalue weighted by Crippen LogP contribution is -2.23. The second-order valence-electron chi connectivity index (χ2n) is 7.46. The van der Waals surface area contributed by atoms with Gasteiger partial charge in [0.25, 0.3) is 5.56 Å². The van der Waals surface area contributed by atoms with E-state index in [2.05, 4.69) is 10.4 Å². The van der Waals surface area contributed by atoms with Crippen molar-refractivity contribution in [3.8, 4) is 11.3 Å². The van der Waals surface area contributed by atoms with Gasteiger partial charge < -0.3 is 9.64 Å². The first kappa shape index (κ1) is 23.1. The lowest BCUT2D eigenvalue weighted by molar-refractivity contribution is 0.156. The number of ether oxygens (including phenoxy) is 1. The van der Waals surface area contributed by atoms with Crippen LogP contribution < -0.4 is 10.9 Å². The van der Waals surface area contributed by atoms with Gasteiger partial charge in [0.2, 0.25) is 0 Å². The van der Waals surface area contributed by atoms with Crippen LogP contribution in [0.1, 0.15) is 12.0 Å². The zero-order chi connectivity index (χ0) is 23.1. The number of nitrogens with one attached hydrogen (secondary N) is 1. The Kier molecular flexibility index (Phi) is 7.67. The Morgan fingerprint density at radius 2 is 1.91 bits per heavy atom. The Balaban J connectivity index is 1.69. The summed E-state index contributed by atoms with van der Waals surface area (Å²) in [5.41, 5.74) is 1.57. The summed E-state index contributed by atoms with van der Waals surface area (Å²) in [7, 11) is 3.89. The van der Waals surface area contributed by atoms with Gasteiger partial charge in [-0.3, -0.25) is 10.1 Å². The first-order valence-corrected chi connectivity index (χ1v) is 10.0. The van der Waals surface area contributed by atoms with Crippen LogP contribution in [0.5, 0.6) is 0 Å². The minimum Gasteiger partial charge on any atom is -0.449 e. The van der Waals surface area contributed by atoms with Crippen LogP contribution in [-0.4, -0.2) is 48.0 Å². The number of hydrogen-bond donors (Lipinski definition) is 1. The Labute approximate surface area is 184 Å². The molecule has 0 fully saturated rings. The summed E-state index contributed by atoms with van der Waals surface area (Å²) in [6.07, 6.45) is 0.167. The van der Waals surface area contributed by atoms with Crippen LogP contribution in [0.4, 0.5) is 19.3 Å². The Morgan fingerprint density at radius 3 is 2.66 bits per heavy atom. The van der Waals surface area contributed by atoms with E-state index in [1.165, 1.54) is 22.9 Å². The van der Waals surface area contributed by atoms with E-state index in [1.807, 2.05) is 19.0 Å². The highest BCUT2D eigenvalue weighted by Gasteiger charge is 2.09. The molecule has 0 aliphatic heterocycles. The molecular formula is C23H24F2N4O3. The molecule has 1 aromatic heterocycles. The molecule has 0 radical (unpaired) electrons. The Morgan fingerprint density at radius 1 is 1.09 bits per heavy atom. The van der Waals surface area contributed by atoms with Crippen LogP contribution in [0, 0.1) is 11.6 Å². The predicted molar refractivity (Wildman–Crippen MR) is 118 cm³/mol. The molecule has 3 aromatic rings. The third kappa shape index (κ3) is 6.45. The molecule has 0 saturated carbocycles. The normalized spacial score (nSPS) is 10.9. The molecule has 0 aliphatic rings. The van der Waals surface area contributed by atoms with Gasteiger partial charge in [-0.1, -0.05) is 12.1 Å². The quantitative estimate of drug-likeness (QED) is 0.538. The van der Waals surface area contributed by atoms with E-state index in [0.717, 1.165) is 25.1 Å². The summed E-state index contributed by atoms with van der Waals surface area (Å²) in [4.78, 5) is 26.2. The van der Waals surface area contributed by atoms with Crippen molar-refractivity contribution in [2.45, 2.75) is 13.0 Å². The molecule has 0 spiro atoms. The van der Waals surface area contributed by atoms with Gasteiger partial charge in [0, 0.05) is 23.9 Å². The first-order valence-electron chi connectivity index (χ1n) is 10.0. The van der Waals surface area contributed by atoms with Gasteiger partial charge in [-0.2, -0.15) is 5.10 Å². The molecule has 0 atom stereocenters. The zero-order valence-corrected chi connectivity index (χ0v) is 17.8. The molecule has 3 rings (SSSR count). The highest BCUT2D eigenvalue weighted by atomic mass is 19.2. The second-order valence-corrected chi connectivity index (χ2v) is 7.46. The molecule has 0 aliphatic carbocycles. The number of carbonyl (C=O) groups excluding carboxylic acids is 1. The third-order valence-electron chi connectivity index (χ3n) is 4.57. The molecule has 32 heavy (non-hydrogen) atoms. The van der Waals surface area contributed by atoms with E-state index >= 15 is 0 Å². The van der Waals surface area contributed by atoms with Gasteiger partial charge in [-0.25, -0.2) is 18.3 Å². The fourth-order valence-corrected chi connectivity index (χ4v) is 2.99. The molecule has 1 amide bonds. The van der Waals surface area contributed by atoms with Crippen molar-refractivity contribution in [2.75, 3.05) is 32.6 Å². The number of amides is 1. The van der Waals surface area contributed by atoms with E-state index < -0.39 is 17.7 Å². The van der Waals surface area contributed by atoms with Crippen molar-refractivity contribution in [3.63, 3.8) is 0 Å². The lowest BCUT2D eigenvalue weighted by atomic mass is 10.1. The smallest absolute Gasteiger partial charge is 0.411 e. The number of nitrogens with zero attached hydrogens (tertiary/aromatic N) is 3. The predicted octanol–water partition coefficient (Wildman–Crippen LogP) is 3.74. The first-order chi connectivity index (χ1) is 15.3. The molecule has 7 nitrogen and oxygen atoms in total. The van der Waals surface area contributed by atoms with Gasteiger partial charge in [-0.15, -0.1) is 0 Å². The fraction of sp³-hybridized carbons (Fsp3) is 0.261. The summed E-state index contributed by atoms with van der Waals surface area (Å²) < 4.78 is 33.1. The average Bonchev–Trinajstić information content (AvgIpc) is 2.75. The monoisotopic (exact) mass is 442 g/mol. The van der Waals surface area contributed by atoms with Crippen LogP contribution in [0.25, 0.3) is 11.3 Å². The number of halogens is 2. The molecule has 9 heteroatoms. The second kappa shape index (κ2) is 10.6. The van der Waals surface area contributed by atoms with E-state index in [0.29, 0.717) is 29.1 Å². The molecule has 0 saturated heterocycles. The average molecular weight is 442 g/mol. The molecule has 168 valence electrons. The number of aromatic nitrogens is 2. The summed E-state index contributed by atoms with van der Waals surface area (Å²) in [5, 5.41) is 6.92. The molecule has 1 heterocycles. The van der Waals surface area contributed by atoms with Gasteiger partial charge in [0.1, 0.15) is 0 Å². The molecule has 0 bridgehead atoms. The third-order valence-corrected chi connectivity index (χ3v) is 4.57. The van der Waals surface area contributed by atoms with Crippen molar-refractivity contribution in [3.05, 3.63) is 82.1 Å². The van der Waals surface area contributed by atoms with Crippen LogP contribution in [0.3, 0.4) is 0 Å². The van der Waals surface area contributed by atoms with Gasteiger partial charge in [-0.05, 0) is 62.5 Å². The summed E-state index contributed by atoms with van der Waals surface area (Å²) in [5.74, 6) is -1.95. The highest BCUT2D eigenvalue weighted by molar-refractivity contribution is 5.84. The number of carbonyl (C=O) groups is 1. The summed E-state index contributed by atoms with van der Waals surface area (Å²) >= 11 is 0. The SMILES string of the molecule is CN(C)CCCOC(=O)Nc1cccc(Cn2nc(-c3ccc(F)c(F)c3)ccc2=O)c1. The zero-order valence-electron chi connectivity index (χ0n) is 17.8. The minimum absolute atomic E-state index is 0.129. The number of hydrogen-bond acceptors (Lipinski definition) is 5. The van der Waals surface area contributed by atoms with E-state index in [9.17, 15) is 18.4 Å². The van der Waals surface area contributed by atoms with Crippen molar-refractivity contribution >= 4 is 11.8 Å². The van der Waals surface area contributed by atoms with Crippen LogP contribution in [0.15, 0.2) is 59.4 Å². The van der Waals surface area contributed by atoms with Crippen molar-refractivity contribution < 1.29 is 18.3 Å². The summed E-state index contributed by atoms with van der Waals surface area (Å²) in [6.45, 7) is 1.25. The maximum atomic E-state index is 13.6. The molecule has 2 aromatic carbocycles.